The van der Waals surface area contributed by atoms with Crippen LogP contribution in [0.3, 0.4) is 0 Å². The monoisotopic (exact) mass is 293 g/mol. The Morgan fingerprint density at radius 3 is 2.88 bits per heavy atom. The van der Waals surface area contributed by atoms with Crippen LogP contribution in [0.25, 0.3) is 10.9 Å². The molecule has 88 valence electrons. The molecule has 3 nitrogen and oxygen atoms in total. The average molecular weight is 294 g/mol. The highest BCUT2D eigenvalue weighted by Crippen LogP contribution is 2.23. The Kier molecular flexibility index (Phi) is 3.43. The van der Waals surface area contributed by atoms with Gasteiger partial charge in [-0.05, 0) is 38.1 Å². The molecule has 0 N–H and O–H groups in total. The third kappa shape index (κ3) is 2.47. The van der Waals surface area contributed by atoms with Gasteiger partial charge in [-0.1, -0.05) is 15.9 Å². The number of nitrogens with zero attached hydrogens (tertiary/aromatic N) is 1. The Balaban J connectivity index is 2.67. The Morgan fingerprint density at radius 1 is 1.41 bits per heavy atom. The van der Waals surface area contributed by atoms with E-state index < -0.39 is 0 Å². The first-order valence-corrected chi connectivity index (χ1v) is 6.15. The van der Waals surface area contributed by atoms with E-state index >= 15 is 0 Å². The van der Waals surface area contributed by atoms with E-state index in [2.05, 4.69) is 20.9 Å². The zero-order valence-corrected chi connectivity index (χ0v) is 11.2. The van der Waals surface area contributed by atoms with Gasteiger partial charge in [0.15, 0.2) is 0 Å². The molecule has 0 radical (unpaired) electrons. The molecular formula is C13H12BrNO2. The molecular weight excluding hydrogens is 282 g/mol. The SMILES string of the molecule is CCOC(=O)c1cc(C)nc2ccc(Br)cc12. The standard InChI is InChI=1S/C13H12BrNO2/c1-3-17-13(16)11-6-8(2)15-12-5-4-9(14)7-10(11)12/h4-7H,3H2,1-2H3. The summed E-state index contributed by atoms with van der Waals surface area (Å²) in [5.41, 5.74) is 2.18. The molecule has 0 atom stereocenters. The van der Waals surface area contributed by atoms with Crippen LogP contribution in [-0.2, 0) is 4.74 Å². The Labute approximate surface area is 108 Å². The summed E-state index contributed by atoms with van der Waals surface area (Å²) in [4.78, 5) is 16.2. The van der Waals surface area contributed by atoms with Crippen LogP contribution in [0.2, 0.25) is 0 Å². The van der Waals surface area contributed by atoms with Crippen molar-refractivity contribution >= 4 is 32.8 Å². The van der Waals surface area contributed by atoms with Gasteiger partial charge in [0.2, 0.25) is 0 Å². The van der Waals surface area contributed by atoms with Gasteiger partial charge in [0.1, 0.15) is 0 Å². The molecule has 0 saturated carbocycles. The van der Waals surface area contributed by atoms with Crippen LogP contribution < -0.4 is 0 Å². The van der Waals surface area contributed by atoms with E-state index in [9.17, 15) is 4.79 Å². The Morgan fingerprint density at radius 2 is 2.18 bits per heavy atom. The van der Waals surface area contributed by atoms with E-state index in [0.717, 1.165) is 21.1 Å². The fourth-order valence-corrected chi connectivity index (χ4v) is 2.07. The van der Waals surface area contributed by atoms with E-state index in [-0.39, 0.29) is 5.97 Å². The summed E-state index contributed by atoms with van der Waals surface area (Å²) in [6, 6.07) is 7.43. The Bertz CT molecular complexity index is 581. The maximum Gasteiger partial charge on any atom is 0.338 e. The number of pyridine rings is 1. The first-order valence-electron chi connectivity index (χ1n) is 5.36. The molecule has 1 aromatic heterocycles. The number of rotatable bonds is 2. The second-order valence-corrected chi connectivity index (χ2v) is 4.61. The summed E-state index contributed by atoms with van der Waals surface area (Å²) in [6.45, 7) is 4.03. The van der Waals surface area contributed by atoms with Crippen molar-refractivity contribution in [2.45, 2.75) is 13.8 Å². The van der Waals surface area contributed by atoms with Crippen LogP contribution in [-0.4, -0.2) is 17.6 Å². The second-order valence-electron chi connectivity index (χ2n) is 3.69. The zero-order valence-electron chi connectivity index (χ0n) is 9.66. The number of aryl methyl sites for hydroxylation is 1. The molecule has 0 aliphatic carbocycles. The summed E-state index contributed by atoms with van der Waals surface area (Å²) >= 11 is 3.39. The van der Waals surface area contributed by atoms with Crippen LogP contribution in [0, 0.1) is 6.92 Å². The molecule has 0 amide bonds. The summed E-state index contributed by atoms with van der Waals surface area (Å²) < 4.78 is 5.97. The largest absolute Gasteiger partial charge is 0.462 e. The number of carbonyl (C=O) groups excluding carboxylic acids is 1. The third-order valence-corrected chi connectivity index (χ3v) is 2.89. The van der Waals surface area contributed by atoms with E-state index in [1.165, 1.54) is 0 Å². The summed E-state index contributed by atoms with van der Waals surface area (Å²) in [7, 11) is 0. The van der Waals surface area contributed by atoms with Gasteiger partial charge in [-0.15, -0.1) is 0 Å². The number of carbonyl (C=O) groups is 1. The van der Waals surface area contributed by atoms with Gasteiger partial charge in [-0.2, -0.15) is 0 Å². The highest BCUT2D eigenvalue weighted by Gasteiger charge is 2.13. The van der Waals surface area contributed by atoms with Gasteiger partial charge in [0, 0.05) is 15.6 Å². The smallest absolute Gasteiger partial charge is 0.338 e. The van der Waals surface area contributed by atoms with Gasteiger partial charge in [0.05, 0.1) is 17.7 Å². The molecule has 0 fully saturated rings. The number of aromatic nitrogens is 1. The predicted octanol–water partition coefficient (Wildman–Crippen LogP) is 3.48. The minimum Gasteiger partial charge on any atom is -0.462 e. The highest BCUT2D eigenvalue weighted by molar-refractivity contribution is 9.10. The van der Waals surface area contributed by atoms with Gasteiger partial charge in [0.25, 0.3) is 0 Å². The molecule has 4 heteroatoms. The van der Waals surface area contributed by atoms with Crippen molar-refractivity contribution in [2.24, 2.45) is 0 Å². The molecule has 0 unspecified atom stereocenters. The fourth-order valence-electron chi connectivity index (χ4n) is 1.71. The lowest BCUT2D eigenvalue weighted by atomic mass is 10.1. The number of hydrogen-bond acceptors (Lipinski definition) is 3. The lowest BCUT2D eigenvalue weighted by Crippen LogP contribution is -2.06. The van der Waals surface area contributed by atoms with Crippen molar-refractivity contribution < 1.29 is 9.53 Å². The van der Waals surface area contributed by atoms with E-state index in [4.69, 9.17) is 4.74 Å². The van der Waals surface area contributed by atoms with E-state index in [1.54, 1.807) is 13.0 Å². The number of benzene rings is 1. The number of esters is 1. The van der Waals surface area contributed by atoms with Gasteiger partial charge in [-0.3, -0.25) is 4.98 Å². The van der Waals surface area contributed by atoms with Crippen molar-refractivity contribution in [3.05, 3.63) is 40.0 Å². The molecule has 0 saturated heterocycles. The van der Waals surface area contributed by atoms with Crippen molar-refractivity contribution in [2.75, 3.05) is 6.61 Å². The zero-order chi connectivity index (χ0) is 12.4. The first-order chi connectivity index (χ1) is 8.11. The van der Waals surface area contributed by atoms with Crippen LogP contribution in [0.1, 0.15) is 23.0 Å². The highest BCUT2D eigenvalue weighted by atomic mass is 79.9. The molecule has 0 spiro atoms. The van der Waals surface area contributed by atoms with Crippen molar-refractivity contribution in [1.29, 1.82) is 0 Å². The molecule has 17 heavy (non-hydrogen) atoms. The number of halogens is 1. The molecule has 0 aliphatic rings. The third-order valence-electron chi connectivity index (χ3n) is 2.39. The van der Waals surface area contributed by atoms with E-state index in [1.807, 2.05) is 25.1 Å². The van der Waals surface area contributed by atoms with Crippen molar-refractivity contribution in [1.82, 2.24) is 4.98 Å². The maximum absolute atomic E-state index is 11.9. The lowest BCUT2D eigenvalue weighted by Gasteiger charge is -2.07. The van der Waals surface area contributed by atoms with Gasteiger partial charge >= 0.3 is 5.97 Å². The van der Waals surface area contributed by atoms with Crippen LogP contribution in [0.4, 0.5) is 0 Å². The number of fused-ring (bicyclic) bond motifs is 1. The topological polar surface area (TPSA) is 39.2 Å². The second kappa shape index (κ2) is 4.84. The molecule has 0 aliphatic heterocycles. The molecule has 1 heterocycles. The first kappa shape index (κ1) is 12.0. The predicted molar refractivity (Wildman–Crippen MR) is 70.1 cm³/mol. The molecule has 0 bridgehead atoms. The number of hydrogen-bond donors (Lipinski definition) is 0. The minimum absolute atomic E-state index is 0.305. The maximum atomic E-state index is 11.9. The Hall–Kier alpha value is -1.42. The summed E-state index contributed by atoms with van der Waals surface area (Å²) in [6.07, 6.45) is 0. The summed E-state index contributed by atoms with van der Waals surface area (Å²) in [5.74, 6) is -0.305. The summed E-state index contributed by atoms with van der Waals surface area (Å²) in [5, 5.41) is 0.809. The van der Waals surface area contributed by atoms with Crippen LogP contribution in [0.5, 0.6) is 0 Å². The van der Waals surface area contributed by atoms with Crippen molar-refractivity contribution in [3.8, 4) is 0 Å². The average Bonchev–Trinajstić information content (AvgIpc) is 2.29. The molecule has 2 aromatic rings. The lowest BCUT2D eigenvalue weighted by molar-refractivity contribution is 0.0528. The van der Waals surface area contributed by atoms with Crippen LogP contribution >= 0.6 is 15.9 Å². The minimum atomic E-state index is -0.305. The quantitative estimate of drug-likeness (QED) is 0.796. The fraction of sp³-hybridized carbons (Fsp3) is 0.231. The number of ether oxygens (including phenoxy) is 1. The molecule has 2 rings (SSSR count). The van der Waals surface area contributed by atoms with E-state index in [0.29, 0.717) is 12.2 Å². The van der Waals surface area contributed by atoms with Gasteiger partial charge < -0.3 is 4.74 Å². The molecule has 1 aromatic carbocycles. The van der Waals surface area contributed by atoms with Crippen LogP contribution in [0.15, 0.2) is 28.7 Å². The van der Waals surface area contributed by atoms with Gasteiger partial charge in [-0.25, -0.2) is 4.79 Å². The van der Waals surface area contributed by atoms with Crippen molar-refractivity contribution in [3.63, 3.8) is 0 Å². The normalized spacial score (nSPS) is 10.5.